The van der Waals surface area contributed by atoms with E-state index < -0.39 is 0 Å². The SMILES string of the molecule is c1cc(-c2cccc3cc(-c4cc5ccccc5c5ccccc45)ccc23)c2ccc(-c3cc4ccccc4c4ccccc34)cc2c1. The summed E-state index contributed by atoms with van der Waals surface area (Å²) in [7, 11) is 0. The molecule has 0 heterocycles. The number of hydrogen-bond donors (Lipinski definition) is 0. The Morgan fingerprint density at radius 2 is 0.542 bits per heavy atom. The molecule has 0 unspecified atom stereocenters. The lowest BCUT2D eigenvalue weighted by Gasteiger charge is -2.15. The molecule has 0 spiro atoms. The van der Waals surface area contributed by atoms with Gasteiger partial charge in [0.1, 0.15) is 0 Å². The zero-order chi connectivity index (χ0) is 31.6. The van der Waals surface area contributed by atoms with Crippen LogP contribution in [0.4, 0.5) is 0 Å². The molecule has 0 bridgehead atoms. The quantitative estimate of drug-likeness (QED) is 0.176. The Morgan fingerprint density at radius 3 is 1.00 bits per heavy atom. The van der Waals surface area contributed by atoms with Crippen molar-refractivity contribution in [2.45, 2.75) is 0 Å². The maximum absolute atomic E-state index is 2.36. The highest BCUT2D eigenvalue weighted by Crippen LogP contribution is 2.41. The molecule has 10 rings (SSSR count). The van der Waals surface area contributed by atoms with Crippen LogP contribution in [0.3, 0.4) is 0 Å². The van der Waals surface area contributed by atoms with E-state index in [1.807, 2.05) is 0 Å². The van der Waals surface area contributed by atoms with E-state index in [1.165, 1.54) is 98.0 Å². The molecule has 10 aromatic rings. The summed E-state index contributed by atoms with van der Waals surface area (Å²) in [5.74, 6) is 0. The van der Waals surface area contributed by atoms with E-state index in [4.69, 9.17) is 0 Å². The second kappa shape index (κ2) is 10.7. The topological polar surface area (TPSA) is 0 Å². The molecule has 0 aromatic heterocycles. The summed E-state index contributed by atoms with van der Waals surface area (Å²) in [6.07, 6.45) is 0. The van der Waals surface area contributed by atoms with Crippen molar-refractivity contribution in [3.05, 3.63) is 182 Å². The fraction of sp³-hybridized carbons (Fsp3) is 0. The van der Waals surface area contributed by atoms with Crippen molar-refractivity contribution in [1.29, 1.82) is 0 Å². The molecule has 0 saturated carbocycles. The van der Waals surface area contributed by atoms with Crippen molar-refractivity contribution in [2.75, 3.05) is 0 Å². The van der Waals surface area contributed by atoms with Gasteiger partial charge >= 0.3 is 0 Å². The van der Waals surface area contributed by atoms with Crippen LogP contribution in [0.2, 0.25) is 0 Å². The average molecular weight is 607 g/mol. The van der Waals surface area contributed by atoms with E-state index in [0.717, 1.165) is 0 Å². The first-order chi connectivity index (χ1) is 23.8. The van der Waals surface area contributed by atoms with Gasteiger partial charge in [-0.2, -0.15) is 0 Å². The largest absolute Gasteiger partial charge is 0.0616 e. The average Bonchev–Trinajstić information content (AvgIpc) is 3.16. The van der Waals surface area contributed by atoms with Gasteiger partial charge in [-0.3, -0.25) is 0 Å². The van der Waals surface area contributed by atoms with Crippen LogP contribution in [0.5, 0.6) is 0 Å². The molecule has 0 atom stereocenters. The maximum Gasteiger partial charge on any atom is -0.00988 e. The highest BCUT2D eigenvalue weighted by molar-refractivity contribution is 6.16. The predicted molar refractivity (Wildman–Crippen MR) is 208 cm³/mol. The van der Waals surface area contributed by atoms with Crippen LogP contribution >= 0.6 is 0 Å². The summed E-state index contributed by atoms with van der Waals surface area (Å²) < 4.78 is 0. The van der Waals surface area contributed by atoms with E-state index in [2.05, 4.69) is 182 Å². The lowest BCUT2D eigenvalue weighted by atomic mass is 9.89. The summed E-state index contributed by atoms with van der Waals surface area (Å²) >= 11 is 0. The smallest absolute Gasteiger partial charge is 0.00988 e. The van der Waals surface area contributed by atoms with Gasteiger partial charge < -0.3 is 0 Å². The fourth-order valence-corrected chi connectivity index (χ4v) is 7.96. The summed E-state index contributed by atoms with van der Waals surface area (Å²) in [5, 5.41) is 15.3. The van der Waals surface area contributed by atoms with E-state index in [9.17, 15) is 0 Å². The van der Waals surface area contributed by atoms with Crippen LogP contribution in [-0.2, 0) is 0 Å². The number of hydrogen-bond acceptors (Lipinski definition) is 0. The summed E-state index contributed by atoms with van der Waals surface area (Å²) in [6, 6.07) is 67.1. The van der Waals surface area contributed by atoms with Gasteiger partial charge in [0.15, 0.2) is 0 Å². The van der Waals surface area contributed by atoms with Crippen molar-refractivity contribution in [3.8, 4) is 33.4 Å². The summed E-state index contributed by atoms with van der Waals surface area (Å²) in [5.41, 5.74) is 7.55. The number of rotatable bonds is 3. The highest BCUT2D eigenvalue weighted by Gasteiger charge is 2.14. The zero-order valence-corrected chi connectivity index (χ0v) is 26.3. The third-order valence-corrected chi connectivity index (χ3v) is 10.2. The summed E-state index contributed by atoms with van der Waals surface area (Å²) in [6.45, 7) is 0. The third kappa shape index (κ3) is 4.16. The fourth-order valence-electron chi connectivity index (χ4n) is 7.96. The summed E-state index contributed by atoms with van der Waals surface area (Å²) in [4.78, 5) is 0. The van der Waals surface area contributed by atoms with Gasteiger partial charge in [-0.1, -0.05) is 158 Å². The van der Waals surface area contributed by atoms with Crippen LogP contribution in [0, 0.1) is 0 Å². The van der Waals surface area contributed by atoms with Crippen molar-refractivity contribution >= 4 is 64.6 Å². The minimum atomic E-state index is 1.24. The molecular weight excluding hydrogens is 577 g/mol. The maximum atomic E-state index is 2.36. The number of fused-ring (bicyclic) bond motifs is 8. The van der Waals surface area contributed by atoms with Gasteiger partial charge in [0.05, 0.1) is 0 Å². The van der Waals surface area contributed by atoms with Crippen molar-refractivity contribution in [3.63, 3.8) is 0 Å². The second-order valence-corrected chi connectivity index (χ2v) is 12.9. The molecular formula is C48H30. The van der Waals surface area contributed by atoms with Crippen molar-refractivity contribution in [2.24, 2.45) is 0 Å². The first-order valence-electron chi connectivity index (χ1n) is 16.7. The molecule has 0 N–H and O–H groups in total. The molecule has 0 saturated heterocycles. The minimum absolute atomic E-state index is 1.24. The zero-order valence-electron chi connectivity index (χ0n) is 26.3. The molecule has 0 aliphatic heterocycles. The molecule has 48 heavy (non-hydrogen) atoms. The lowest BCUT2D eigenvalue weighted by molar-refractivity contribution is 1.66. The van der Waals surface area contributed by atoms with Gasteiger partial charge in [0.2, 0.25) is 0 Å². The van der Waals surface area contributed by atoms with Gasteiger partial charge in [-0.25, -0.2) is 0 Å². The normalized spacial score (nSPS) is 11.8. The first-order valence-corrected chi connectivity index (χ1v) is 16.7. The predicted octanol–water partition coefficient (Wildman–Crippen LogP) is 13.6. The van der Waals surface area contributed by atoms with E-state index >= 15 is 0 Å². The molecule has 0 fully saturated rings. The second-order valence-electron chi connectivity index (χ2n) is 12.9. The molecule has 0 nitrogen and oxygen atoms in total. The first kappa shape index (κ1) is 26.9. The van der Waals surface area contributed by atoms with Gasteiger partial charge in [0, 0.05) is 0 Å². The van der Waals surface area contributed by atoms with Gasteiger partial charge in [-0.05, 0) is 122 Å². The van der Waals surface area contributed by atoms with Crippen LogP contribution in [0.15, 0.2) is 182 Å². The van der Waals surface area contributed by atoms with Gasteiger partial charge in [-0.15, -0.1) is 0 Å². The molecule has 0 aliphatic carbocycles. The van der Waals surface area contributed by atoms with Crippen LogP contribution in [0.25, 0.3) is 98.0 Å². The van der Waals surface area contributed by atoms with E-state index in [1.54, 1.807) is 0 Å². The van der Waals surface area contributed by atoms with Crippen molar-refractivity contribution in [1.82, 2.24) is 0 Å². The van der Waals surface area contributed by atoms with E-state index in [-0.39, 0.29) is 0 Å². The number of benzene rings is 10. The molecule has 0 aliphatic rings. The molecule has 0 heteroatoms. The minimum Gasteiger partial charge on any atom is -0.0616 e. The lowest BCUT2D eigenvalue weighted by Crippen LogP contribution is -1.88. The highest BCUT2D eigenvalue weighted by atomic mass is 14.2. The van der Waals surface area contributed by atoms with Crippen LogP contribution in [-0.4, -0.2) is 0 Å². The van der Waals surface area contributed by atoms with Crippen LogP contribution < -0.4 is 0 Å². The van der Waals surface area contributed by atoms with Crippen molar-refractivity contribution < 1.29 is 0 Å². The van der Waals surface area contributed by atoms with E-state index in [0.29, 0.717) is 0 Å². The molecule has 0 amide bonds. The Morgan fingerprint density at radius 1 is 0.188 bits per heavy atom. The Kier molecular flexibility index (Phi) is 5.98. The molecule has 10 aromatic carbocycles. The molecule has 0 radical (unpaired) electrons. The third-order valence-electron chi connectivity index (χ3n) is 10.2. The van der Waals surface area contributed by atoms with Crippen LogP contribution in [0.1, 0.15) is 0 Å². The molecule has 222 valence electrons. The Labute approximate surface area is 279 Å². The standard InChI is InChI=1S/C48H30/c1-3-15-37-33(11-1)29-47(45-19-7-5-17-41(37)45)35-23-25-39-31(27-35)13-9-21-43(39)44-22-10-14-32-28-36(24-26-40(32)44)48-30-34-12-2-4-16-38(34)42-18-6-8-20-46(42)48/h1-30H. The Hall–Kier alpha value is -6.24. The Bertz CT molecular complexity index is 2690. The Balaban J connectivity index is 1.12. The van der Waals surface area contributed by atoms with Gasteiger partial charge in [0.25, 0.3) is 0 Å². The monoisotopic (exact) mass is 606 g/mol.